The molecule has 0 saturated carbocycles. The second-order valence-corrected chi connectivity index (χ2v) is 13.8. The Kier molecular flexibility index (Phi) is 7.01. The number of primary sulfonamides is 1. The van der Waals surface area contributed by atoms with E-state index >= 15 is 0 Å². The van der Waals surface area contributed by atoms with Crippen molar-refractivity contribution in [2.45, 2.75) is 73.0 Å². The molecular weight excluding hydrogens is 528 g/mol. The molecule has 196 valence electrons. The number of amides is 1. The van der Waals surface area contributed by atoms with Crippen molar-refractivity contribution in [2.75, 3.05) is 11.2 Å². The number of fused-ring (bicyclic) bond motifs is 2. The molecule has 0 spiro atoms. The maximum absolute atomic E-state index is 13.2. The number of nitrogens with one attached hydrogen (secondary N) is 1. The van der Waals surface area contributed by atoms with Crippen LogP contribution in [0.4, 0.5) is 5.82 Å². The van der Waals surface area contributed by atoms with Gasteiger partial charge >= 0.3 is 0 Å². The SMILES string of the molecule is CC(C)(Oc1ccc(Cl)cc1S(C)(=O)=O)C(=O)NC1C[C@H]2CC[C@@H](C1)N2c1ccc(S(N)(=O)=O)cn1. The van der Waals surface area contributed by atoms with E-state index in [1.165, 1.54) is 30.5 Å². The van der Waals surface area contributed by atoms with Gasteiger partial charge in [0, 0.05) is 35.6 Å². The number of pyridine rings is 1. The zero-order valence-corrected chi connectivity index (χ0v) is 22.5. The van der Waals surface area contributed by atoms with E-state index in [0.29, 0.717) is 18.7 Å². The topological polar surface area (TPSA) is 149 Å². The van der Waals surface area contributed by atoms with Gasteiger partial charge < -0.3 is 15.0 Å². The van der Waals surface area contributed by atoms with Crippen LogP contribution >= 0.6 is 11.6 Å². The fourth-order valence-corrected chi connectivity index (χ4v) is 6.41. The lowest BCUT2D eigenvalue weighted by molar-refractivity contribution is -0.135. The van der Waals surface area contributed by atoms with Gasteiger partial charge in [0.1, 0.15) is 21.4 Å². The molecule has 10 nitrogen and oxygen atoms in total. The Bertz CT molecular complexity index is 1370. The average molecular weight is 557 g/mol. The molecule has 1 amide bonds. The van der Waals surface area contributed by atoms with E-state index in [1.54, 1.807) is 19.9 Å². The molecule has 13 heteroatoms. The van der Waals surface area contributed by atoms with Crippen molar-refractivity contribution in [3.63, 3.8) is 0 Å². The van der Waals surface area contributed by atoms with Crippen LogP contribution in [0.2, 0.25) is 5.02 Å². The number of carbonyl (C=O) groups is 1. The number of sulfone groups is 1. The Hall–Kier alpha value is -2.41. The molecule has 2 aliphatic heterocycles. The lowest BCUT2D eigenvalue weighted by atomic mass is 9.96. The first-order valence-corrected chi connectivity index (χ1v) is 15.2. The summed E-state index contributed by atoms with van der Waals surface area (Å²) in [6, 6.07) is 7.54. The highest BCUT2D eigenvalue weighted by Gasteiger charge is 2.43. The van der Waals surface area contributed by atoms with Crippen LogP contribution < -0.4 is 20.1 Å². The van der Waals surface area contributed by atoms with Crippen molar-refractivity contribution in [1.82, 2.24) is 10.3 Å². The first kappa shape index (κ1) is 26.6. The first-order chi connectivity index (χ1) is 16.6. The number of nitrogens with zero attached hydrogens (tertiary/aromatic N) is 2. The van der Waals surface area contributed by atoms with Gasteiger partial charge in [-0.15, -0.1) is 0 Å². The Balaban J connectivity index is 1.44. The van der Waals surface area contributed by atoms with Crippen molar-refractivity contribution >= 4 is 43.2 Å². The minimum absolute atomic E-state index is 0.0392. The molecule has 2 aliphatic rings. The molecule has 4 rings (SSSR count). The molecule has 2 saturated heterocycles. The Morgan fingerprint density at radius 2 is 1.78 bits per heavy atom. The van der Waals surface area contributed by atoms with Gasteiger partial charge in [0.2, 0.25) is 10.0 Å². The summed E-state index contributed by atoms with van der Waals surface area (Å²) in [4.78, 5) is 19.6. The van der Waals surface area contributed by atoms with E-state index in [2.05, 4.69) is 15.2 Å². The summed E-state index contributed by atoms with van der Waals surface area (Å²) >= 11 is 5.96. The van der Waals surface area contributed by atoms with Gasteiger partial charge in [-0.2, -0.15) is 0 Å². The van der Waals surface area contributed by atoms with Crippen LogP contribution in [0.1, 0.15) is 39.5 Å². The number of benzene rings is 1. The number of anilines is 1. The summed E-state index contributed by atoms with van der Waals surface area (Å²) in [5.41, 5.74) is -1.34. The number of piperidine rings is 1. The number of halogens is 1. The van der Waals surface area contributed by atoms with Crippen LogP contribution in [-0.4, -0.2) is 57.7 Å². The number of nitrogens with two attached hydrogens (primary N) is 1. The van der Waals surface area contributed by atoms with Crippen molar-refractivity contribution in [2.24, 2.45) is 5.14 Å². The van der Waals surface area contributed by atoms with Gasteiger partial charge in [0.05, 0.1) is 0 Å². The van der Waals surface area contributed by atoms with Crippen molar-refractivity contribution < 1.29 is 26.4 Å². The van der Waals surface area contributed by atoms with E-state index in [1.807, 2.05) is 0 Å². The quantitative estimate of drug-likeness (QED) is 0.527. The number of ether oxygens (including phenoxy) is 1. The second kappa shape index (κ2) is 9.47. The molecule has 3 heterocycles. The van der Waals surface area contributed by atoms with Gasteiger partial charge in [0.15, 0.2) is 15.4 Å². The Morgan fingerprint density at radius 3 is 2.31 bits per heavy atom. The summed E-state index contributed by atoms with van der Waals surface area (Å²) in [5.74, 6) is 0.385. The smallest absolute Gasteiger partial charge is 0.263 e. The summed E-state index contributed by atoms with van der Waals surface area (Å²) in [5, 5.41) is 8.49. The van der Waals surface area contributed by atoms with Crippen molar-refractivity contribution in [3.8, 4) is 5.75 Å². The maximum Gasteiger partial charge on any atom is 0.263 e. The highest BCUT2D eigenvalue weighted by atomic mass is 35.5. The maximum atomic E-state index is 13.2. The molecule has 2 fully saturated rings. The Morgan fingerprint density at radius 1 is 1.14 bits per heavy atom. The number of rotatable bonds is 7. The van der Waals surface area contributed by atoms with Crippen molar-refractivity contribution in [1.29, 1.82) is 0 Å². The lowest BCUT2D eigenvalue weighted by Gasteiger charge is -2.40. The van der Waals surface area contributed by atoms with E-state index in [9.17, 15) is 21.6 Å². The predicted molar refractivity (Wildman–Crippen MR) is 135 cm³/mol. The van der Waals surface area contributed by atoms with E-state index in [-0.39, 0.29) is 44.6 Å². The van der Waals surface area contributed by atoms with Crippen molar-refractivity contribution in [3.05, 3.63) is 41.6 Å². The zero-order chi connectivity index (χ0) is 26.5. The second-order valence-electron chi connectivity index (χ2n) is 9.81. The zero-order valence-electron chi connectivity index (χ0n) is 20.1. The number of carbonyl (C=O) groups excluding carboxylic acids is 1. The van der Waals surface area contributed by atoms with E-state index in [0.717, 1.165) is 19.1 Å². The third-order valence-electron chi connectivity index (χ3n) is 6.60. The van der Waals surface area contributed by atoms with Gasteiger partial charge in [-0.3, -0.25) is 4.79 Å². The third-order valence-corrected chi connectivity index (χ3v) is 8.85. The average Bonchev–Trinajstić information content (AvgIpc) is 3.04. The van der Waals surface area contributed by atoms with Crippen LogP contribution in [-0.2, 0) is 24.7 Å². The molecule has 0 radical (unpaired) electrons. The van der Waals surface area contributed by atoms with Crippen LogP contribution in [0.5, 0.6) is 5.75 Å². The van der Waals surface area contributed by atoms with Gasteiger partial charge in [0.25, 0.3) is 5.91 Å². The normalized spacial score (nSPS) is 22.4. The largest absolute Gasteiger partial charge is 0.477 e. The summed E-state index contributed by atoms with van der Waals surface area (Å²) < 4.78 is 53.3. The molecule has 2 aromatic rings. The number of hydrogen-bond acceptors (Lipinski definition) is 8. The molecule has 0 aliphatic carbocycles. The number of hydrogen-bond donors (Lipinski definition) is 2. The first-order valence-electron chi connectivity index (χ1n) is 11.4. The van der Waals surface area contributed by atoms with Gasteiger partial charge in [-0.05, 0) is 69.9 Å². The molecule has 3 N–H and O–H groups in total. The minimum Gasteiger partial charge on any atom is -0.477 e. The lowest BCUT2D eigenvalue weighted by Crippen LogP contribution is -2.55. The van der Waals surface area contributed by atoms with Gasteiger partial charge in [-0.25, -0.2) is 27.0 Å². The molecular formula is C23H29ClN4O6S2. The minimum atomic E-state index is -3.81. The summed E-state index contributed by atoms with van der Waals surface area (Å²) in [6.45, 7) is 3.17. The van der Waals surface area contributed by atoms with E-state index < -0.39 is 25.5 Å². The third kappa shape index (κ3) is 5.61. The van der Waals surface area contributed by atoms with E-state index in [4.69, 9.17) is 21.5 Å². The van der Waals surface area contributed by atoms with Crippen LogP contribution in [0.15, 0.2) is 46.3 Å². The van der Waals surface area contributed by atoms with Crippen LogP contribution in [0.3, 0.4) is 0 Å². The van der Waals surface area contributed by atoms with Gasteiger partial charge in [-0.1, -0.05) is 11.6 Å². The molecule has 3 atom stereocenters. The monoisotopic (exact) mass is 556 g/mol. The number of sulfonamides is 1. The highest BCUT2D eigenvalue weighted by Crippen LogP contribution is 2.39. The van der Waals surface area contributed by atoms with Crippen LogP contribution in [0.25, 0.3) is 0 Å². The standard InChI is InChI=1S/C23H29ClN4O6S2/c1-23(2,34-19-8-4-14(24)10-20(19)35(3,30)31)22(29)27-15-11-16-5-6-17(12-15)28(16)21-9-7-18(13-26-21)36(25,32)33/h4,7-10,13,15-17H,5-6,11-12H2,1-3H3,(H,27,29)(H2,25,32,33)/t15?,16-,17+. The predicted octanol–water partition coefficient (Wildman–Crippen LogP) is 2.26. The fourth-order valence-electron chi connectivity index (χ4n) is 4.90. The molecule has 36 heavy (non-hydrogen) atoms. The highest BCUT2D eigenvalue weighted by molar-refractivity contribution is 7.90. The summed E-state index contributed by atoms with van der Waals surface area (Å²) in [7, 11) is -7.44. The Labute approximate surface area is 216 Å². The summed E-state index contributed by atoms with van der Waals surface area (Å²) in [6.07, 6.45) is 5.55. The fraction of sp³-hybridized carbons (Fsp3) is 0.478. The molecule has 2 bridgehead atoms. The molecule has 1 unspecified atom stereocenters. The molecule has 1 aromatic heterocycles. The number of aromatic nitrogens is 1. The van der Waals surface area contributed by atoms with Crippen LogP contribution in [0, 0.1) is 0 Å². The molecule has 1 aromatic carbocycles.